The summed E-state index contributed by atoms with van der Waals surface area (Å²) in [5.41, 5.74) is 0.717. The zero-order chi connectivity index (χ0) is 13.2. The summed E-state index contributed by atoms with van der Waals surface area (Å²) in [5, 5.41) is 10.3. The van der Waals surface area contributed by atoms with Gasteiger partial charge in [-0.3, -0.25) is 0 Å². The maximum atomic E-state index is 12.9. The molecule has 1 N–H and O–H groups in total. The molecule has 0 radical (unpaired) electrons. The fourth-order valence-corrected chi connectivity index (χ4v) is 1.80. The Balaban J connectivity index is 2.15. The SMILES string of the molecule is O=C(O)C(F)(F)CCc1ccc2ccccc2c1. The quantitative estimate of drug-likeness (QED) is 0.901. The molecule has 0 aromatic heterocycles. The lowest BCUT2D eigenvalue weighted by Gasteiger charge is -2.11. The van der Waals surface area contributed by atoms with Crippen LogP contribution in [0.2, 0.25) is 0 Å². The molecule has 0 unspecified atom stereocenters. The number of halogens is 2. The van der Waals surface area contributed by atoms with Crippen molar-refractivity contribution in [1.29, 1.82) is 0 Å². The van der Waals surface area contributed by atoms with E-state index in [1.165, 1.54) is 0 Å². The first-order valence-corrected chi connectivity index (χ1v) is 5.58. The Morgan fingerprint density at radius 3 is 2.44 bits per heavy atom. The molecule has 94 valence electrons. The number of rotatable bonds is 4. The lowest BCUT2D eigenvalue weighted by atomic mass is 10.0. The molecule has 0 saturated carbocycles. The molecular weight excluding hydrogens is 238 g/mol. The average Bonchev–Trinajstić information content (AvgIpc) is 2.36. The molecule has 2 aromatic carbocycles. The summed E-state index contributed by atoms with van der Waals surface area (Å²) in [6.45, 7) is 0. The summed E-state index contributed by atoms with van der Waals surface area (Å²) in [5.74, 6) is -5.73. The van der Waals surface area contributed by atoms with Crippen LogP contribution >= 0.6 is 0 Å². The second-order valence-electron chi connectivity index (χ2n) is 4.19. The zero-order valence-electron chi connectivity index (χ0n) is 9.57. The standard InChI is InChI=1S/C14H12F2O2/c15-14(16,13(17)18)8-7-10-5-6-11-3-1-2-4-12(11)9-10/h1-6,9H,7-8H2,(H,17,18). The summed E-state index contributed by atoms with van der Waals surface area (Å²) >= 11 is 0. The number of fused-ring (bicyclic) bond motifs is 1. The predicted molar refractivity (Wildman–Crippen MR) is 64.9 cm³/mol. The minimum atomic E-state index is -3.66. The maximum Gasteiger partial charge on any atom is 0.374 e. The highest BCUT2D eigenvalue weighted by Gasteiger charge is 2.37. The first-order valence-electron chi connectivity index (χ1n) is 5.58. The normalized spacial score (nSPS) is 11.7. The van der Waals surface area contributed by atoms with E-state index < -0.39 is 18.3 Å². The molecule has 0 atom stereocenters. The molecule has 0 saturated heterocycles. The van der Waals surface area contributed by atoms with Crippen molar-refractivity contribution in [2.24, 2.45) is 0 Å². The molecule has 18 heavy (non-hydrogen) atoms. The summed E-state index contributed by atoms with van der Waals surface area (Å²) in [7, 11) is 0. The molecule has 0 spiro atoms. The number of carboxylic acids is 1. The lowest BCUT2D eigenvalue weighted by Crippen LogP contribution is -2.28. The van der Waals surface area contributed by atoms with Crippen LogP contribution in [0.1, 0.15) is 12.0 Å². The number of alkyl halides is 2. The number of hydrogen-bond donors (Lipinski definition) is 1. The number of carboxylic acid groups (broad SMARTS) is 1. The van der Waals surface area contributed by atoms with E-state index in [4.69, 9.17) is 5.11 Å². The van der Waals surface area contributed by atoms with Gasteiger partial charge in [-0.1, -0.05) is 42.5 Å². The van der Waals surface area contributed by atoms with Gasteiger partial charge in [0.1, 0.15) is 0 Å². The van der Waals surface area contributed by atoms with Gasteiger partial charge in [0, 0.05) is 6.42 Å². The smallest absolute Gasteiger partial charge is 0.374 e. The highest BCUT2D eigenvalue weighted by Crippen LogP contribution is 2.23. The molecule has 0 amide bonds. The number of aryl methyl sites for hydroxylation is 1. The van der Waals surface area contributed by atoms with Crippen LogP contribution in [0.15, 0.2) is 42.5 Å². The van der Waals surface area contributed by atoms with Gasteiger partial charge < -0.3 is 5.11 Å². The molecular formula is C14H12F2O2. The Hall–Kier alpha value is -1.97. The molecule has 0 heterocycles. The maximum absolute atomic E-state index is 12.9. The van der Waals surface area contributed by atoms with Crippen LogP contribution in [0.5, 0.6) is 0 Å². The van der Waals surface area contributed by atoms with Crippen LogP contribution in [0.3, 0.4) is 0 Å². The van der Waals surface area contributed by atoms with Crippen LogP contribution in [0.4, 0.5) is 8.78 Å². The van der Waals surface area contributed by atoms with Crippen molar-refractivity contribution in [2.75, 3.05) is 0 Å². The number of benzene rings is 2. The van der Waals surface area contributed by atoms with Crippen LogP contribution in [-0.2, 0) is 11.2 Å². The minimum Gasteiger partial charge on any atom is -0.477 e. The van der Waals surface area contributed by atoms with Gasteiger partial charge in [0.05, 0.1) is 0 Å². The summed E-state index contributed by atoms with van der Waals surface area (Å²) in [6.07, 6.45) is -0.634. The molecule has 2 aromatic rings. The van der Waals surface area contributed by atoms with E-state index in [0.717, 1.165) is 16.3 Å². The molecule has 0 bridgehead atoms. The molecule has 4 heteroatoms. The predicted octanol–water partition coefficient (Wildman–Crippen LogP) is 3.49. The fraction of sp³-hybridized carbons (Fsp3) is 0.214. The molecule has 0 fully saturated rings. The molecule has 0 aliphatic heterocycles. The minimum absolute atomic E-state index is 0.0458. The van der Waals surface area contributed by atoms with Gasteiger partial charge in [0.15, 0.2) is 0 Å². The first-order chi connectivity index (χ1) is 8.49. The van der Waals surface area contributed by atoms with Crippen molar-refractivity contribution in [1.82, 2.24) is 0 Å². The Morgan fingerprint density at radius 1 is 1.11 bits per heavy atom. The van der Waals surface area contributed by atoms with Crippen molar-refractivity contribution < 1.29 is 18.7 Å². The van der Waals surface area contributed by atoms with Crippen molar-refractivity contribution in [3.05, 3.63) is 48.0 Å². The number of hydrogen-bond acceptors (Lipinski definition) is 1. The molecule has 2 rings (SSSR count). The van der Waals surface area contributed by atoms with E-state index in [1.54, 1.807) is 6.07 Å². The molecule has 2 nitrogen and oxygen atoms in total. The molecule has 0 aliphatic carbocycles. The van der Waals surface area contributed by atoms with Gasteiger partial charge in [0.25, 0.3) is 0 Å². The third-order valence-corrected chi connectivity index (χ3v) is 2.85. The zero-order valence-corrected chi connectivity index (χ0v) is 9.57. The van der Waals surface area contributed by atoms with Gasteiger partial charge in [0.2, 0.25) is 0 Å². The van der Waals surface area contributed by atoms with Crippen molar-refractivity contribution >= 4 is 16.7 Å². The second kappa shape index (κ2) is 4.72. The van der Waals surface area contributed by atoms with E-state index in [2.05, 4.69) is 0 Å². The first kappa shape index (κ1) is 12.5. The highest BCUT2D eigenvalue weighted by molar-refractivity contribution is 5.83. The monoisotopic (exact) mass is 250 g/mol. The number of aliphatic carboxylic acids is 1. The van der Waals surface area contributed by atoms with Crippen LogP contribution in [-0.4, -0.2) is 17.0 Å². The largest absolute Gasteiger partial charge is 0.477 e. The summed E-state index contributed by atoms with van der Waals surface area (Å²) < 4.78 is 25.9. The van der Waals surface area contributed by atoms with E-state index in [9.17, 15) is 13.6 Å². The Bertz CT molecular complexity index is 579. The summed E-state index contributed by atoms with van der Waals surface area (Å²) in [4.78, 5) is 10.3. The fourth-order valence-electron chi connectivity index (χ4n) is 1.80. The van der Waals surface area contributed by atoms with E-state index in [-0.39, 0.29) is 6.42 Å². The number of carbonyl (C=O) groups is 1. The van der Waals surface area contributed by atoms with Gasteiger partial charge in [-0.15, -0.1) is 0 Å². The summed E-state index contributed by atoms with van der Waals surface area (Å²) in [6, 6.07) is 13.0. The van der Waals surface area contributed by atoms with E-state index in [1.807, 2.05) is 36.4 Å². The average molecular weight is 250 g/mol. The Labute approximate surface area is 103 Å². The molecule has 0 aliphatic rings. The Kier molecular flexibility index (Phi) is 3.28. The van der Waals surface area contributed by atoms with Crippen molar-refractivity contribution in [3.63, 3.8) is 0 Å². The lowest BCUT2D eigenvalue weighted by molar-refractivity contribution is -0.165. The van der Waals surface area contributed by atoms with Gasteiger partial charge in [-0.2, -0.15) is 8.78 Å². The third kappa shape index (κ3) is 2.64. The second-order valence-corrected chi connectivity index (χ2v) is 4.19. The third-order valence-electron chi connectivity index (χ3n) is 2.85. The van der Waals surface area contributed by atoms with Gasteiger partial charge in [-0.05, 0) is 22.8 Å². The van der Waals surface area contributed by atoms with Crippen LogP contribution in [0, 0.1) is 0 Å². The van der Waals surface area contributed by atoms with E-state index >= 15 is 0 Å². The van der Waals surface area contributed by atoms with Crippen molar-refractivity contribution in [2.45, 2.75) is 18.8 Å². The van der Waals surface area contributed by atoms with Crippen LogP contribution < -0.4 is 0 Å². The highest BCUT2D eigenvalue weighted by atomic mass is 19.3. The Morgan fingerprint density at radius 2 is 1.78 bits per heavy atom. The van der Waals surface area contributed by atoms with Crippen molar-refractivity contribution in [3.8, 4) is 0 Å². The van der Waals surface area contributed by atoms with Gasteiger partial charge >= 0.3 is 11.9 Å². The van der Waals surface area contributed by atoms with E-state index in [0.29, 0.717) is 0 Å². The topological polar surface area (TPSA) is 37.3 Å². The van der Waals surface area contributed by atoms with Crippen LogP contribution in [0.25, 0.3) is 10.8 Å². The van der Waals surface area contributed by atoms with Gasteiger partial charge in [-0.25, -0.2) is 4.79 Å².